The summed E-state index contributed by atoms with van der Waals surface area (Å²) in [5, 5.41) is 0. The SMILES string of the molecule is CCN(Cc1cc(Br)ccc1F)C(=O)C1(N)CCCCC1. The third-order valence-electron chi connectivity index (χ3n) is 4.21. The zero-order valence-corrected chi connectivity index (χ0v) is 14.0. The average Bonchev–Trinajstić information content (AvgIpc) is 2.48. The number of likely N-dealkylation sites (N-methyl/N-ethyl adjacent to an activating group) is 1. The zero-order valence-electron chi connectivity index (χ0n) is 12.4. The fourth-order valence-corrected chi connectivity index (χ4v) is 3.32. The van der Waals surface area contributed by atoms with Crippen molar-refractivity contribution in [2.45, 2.75) is 51.1 Å². The number of nitrogens with two attached hydrogens (primary N) is 1. The Kier molecular flexibility index (Phi) is 5.38. The van der Waals surface area contributed by atoms with Gasteiger partial charge in [0.25, 0.3) is 0 Å². The van der Waals surface area contributed by atoms with E-state index in [9.17, 15) is 9.18 Å². The second-order valence-electron chi connectivity index (χ2n) is 5.77. The van der Waals surface area contributed by atoms with Crippen LogP contribution in [0.2, 0.25) is 0 Å². The van der Waals surface area contributed by atoms with Gasteiger partial charge in [-0.1, -0.05) is 35.2 Å². The molecular formula is C16H22BrFN2O. The third-order valence-corrected chi connectivity index (χ3v) is 4.70. The summed E-state index contributed by atoms with van der Waals surface area (Å²) in [5.74, 6) is -0.344. The Hall–Kier alpha value is -0.940. The number of benzene rings is 1. The molecule has 0 aliphatic heterocycles. The van der Waals surface area contributed by atoms with Crippen LogP contribution in [0.15, 0.2) is 22.7 Å². The highest BCUT2D eigenvalue weighted by atomic mass is 79.9. The van der Waals surface area contributed by atoms with Crippen molar-refractivity contribution in [2.75, 3.05) is 6.54 Å². The lowest BCUT2D eigenvalue weighted by atomic mass is 9.81. The molecule has 2 N–H and O–H groups in total. The van der Waals surface area contributed by atoms with Crippen molar-refractivity contribution >= 4 is 21.8 Å². The first-order chi connectivity index (χ1) is 9.96. The van der Waals surface area contributed by atoms with E-state index in [1.807, 2.05) is 6.92 Å². The van der Waals surface area contributed by atoms with Gasteiger partial charge in [-0.15, -0.1) is 0 Å². The van der Waals surface area contributed by atoms with E-state index in [1.165, 1.54) is 6.07 Å². The first-order valence-electron chi connectivity index (χ1n) is 7.48. The summed E-state index contributed by atoms with van der Waals surface area (Å²) in [7, 11) is 0. The van der Waals surface area contributed by atoms with Crippen LogP contribution >= 0.6 is 15.9 Å². The molecule has 1 saturated carbocycles. The predicted molar refractivity (Wildman–Crippen MR) is 85.2 cm³/mol. The number of rotatable bonds is 4. The predicted octanol–water partition coefficient (Wildman–Crippen LogP) is 3.60. The van der Waals surface area contributed by atoms with Crippen LogP contribution in [0.4, 0.5) is 4.39 Å². The summed E-state index contributed by atoms with van der Waals surface area (Å²) in [6.45, 7) is 2.70. The molecule has 5 heteroatoms. The molecule has 1 aromatic rings. The van der Waals surface area contributed by atoms with E-state index in [0.29, 0.717) is 12.1 Å². The molecule has 0 saturated heterocycles. The molecule has 0 aromatic heterocycles. The summed E-state index contributed by atoms with van der Waals surface area (Å²) in [6, 6.07) is 4.79. The van der Waals surface area contributed by atoms with Crippen molar-refractivity contribution in [2.24, 2.45) is 5.73 Å². The maximum absolute atomic E-state index is 13.9. The highest BCUT2D eigenvalue weighted by Gasteiger charge is 2.38. The van der Waals surface area contributed by atoms with Gasteiger partial charge in [0.2, 0.25) is 5.91 Å². The molecule has 21 heavy (non-hydrogen) atoms. The van der Waals surface area contributed by atoms with Crippen LogP contribution in [-0.2, 0) is 11.3 Å². The molecule has 1 aliphatic rings. The van der Waals surface area contributed by atoms with Crippen LogP contribution in [0.1, 0.15) is 44.6 Å². The molecule has 116 valence electrons. The third kappa shape index (κ3) is 3.83. The Morgan fingerprint density at radius 2 is 2.05 bits per heavy atom. The lowest BCUT2D eigenvalue weighted by molar-refractivity contribution is -0.138. The molecule has 0 atom stereocenters. The van der Waals surface area contributed by atoms with E-state index in [4.69, 9.17) is 5.73 Å². The number of carbonyl (C=O) groups excluding carboxylic acids is 1. The quantitative estimate of drug-likeness (QED) is 0.895. The number of nitrogens with zero attached hydrogens (tertiary/aromatic N) is 1. The van der Waals surface area contributed by atoms with E-state index < -0.39 is 5.54 Å². The van der Waals surface area contributed by atoms with Gasteiger partial charge in [-0.25, -0.2) is 4.39 Å². The highest BCUT2D eigenvalue weighted by molar-refractivity contribution is 9.10. The monoisotopic (exact) mass is 356 g/mol. The minimum absolute atomic E-state index is 0.0518. The van der Waals surface area contributed by atoms with Crippen molar-refractivity contribution in [3.8, 4) is 0 Å². The van der Waals surface area contributed by atoms with Crippen molar-refractivity contribution in [3.05, 3.63) is 34.1 Å². The summed E-state index contributed by atoms with van der Waals surface area (Å²) in [6.07, 6.45) is 4.57. The largest absolute Gasteiger partial charge is 0.337 e. The van der Waals surface area contributed by atoms with Crippen LogP contribution < -0.4 is 5.73 Å². The Balaban J connectivity index is 2.15. The second kappa shape index (κ2) is 6.88. The summed E-state index contributed by atoms with van der Waals surface area (Å²) in [4.78, 5) is 14.4. The normalized spacial score (nSPS) is 17.5. The molecule has 0 unspecified atom stereocenters. The van der Waals surface area contributed by atoms with E-state index in [-0.39, 0.29) is 18.3 Å². The number of carbonyl (C=O) groups is 1. The fraction of sp³-hybridized carbons (Fsp3) is 0.562. The van der Waals surface area contributed by atoms with Gasteiger partial charge in [-0.2, -0.15) is 0 Å². The van der Waals surface area contributed by atoms with Crippen molar-refractivity contribution in [3.63, 3.8) is 0 Å². The van der Waals surface area contributed by atoms with Gasteiger partial charge in [0.1, 0.15) is 5.82 Å². The summed E-state index contributed by atoms with van der Waals surface area (Å²) < 4.78 is 14.7. The molecule has 0 spiro atoms. The first kappa shape index (κ1) is 16.4. The fourth-order valence-electron chi connectivity index (χ4n) is 2.91. The maximum atomic E-state index is 13.9. The molecule has 1 aliphatic carbocycles. The Morgan fingerprint density at radius 3 is 2.67 bits per heavy atom. The number of halogens is 2. The maximum Gasteiger partial charge on any atom is 0.242 e. The van der Waals surface area contributed by atoms with E-state index in [1.54, 1.807) is 17.0 Å². The molecule has 2 rings (SSSR count). The zero-order chi connectivity index (χ0) is 15.5. The van der Waals surface area contributed by atoms with Gasteiger partial charge < -0.3 is 10.6 Å². The van der Waals surface area contributed by atoms with Crippen LogP contribution in [0, 0.1) is 5.82 Å². The molecule has 0 radical (unpaired) electrons. The van der Waals surface area contributed by atoms with Crippen LogP contribution in [-0.4, -0.2) is 22.9 Å². The van der Waals surface area contributed by atoms with Gasteiger partial charge in [0, 0.05) is 23.1 Å². The molecular weight excluding hydrogens is 335 g/mol. The Morgan fingerprint density at radius 1 is 1.38 bits per heavy atom. The number of hydrogen-bond donors (Lipinski definition) is 1. The lowest BCUT2D eigenvalue weighted by Gasteiger charge is -2.36. The number of amides is 1. The van der Waals surface area contributed by atoms with Crippen molar-refractivity contribution in [1.82, 2.24) is 4.90 Å². The minimum atomic E-state index is -0.767. The lowest BCUT2D eigenvalue weighted by Crippen LogP contribution is -2.56. The van der Waals surface area contributed by atoms with Gasteiger partial charge >= 0.3 is 0 Å². The summed E-state index contributed by atoms with van der Waals surface area (Å²) >= 11 is 3.34. The van der Waals surface area contributed by atoms with Crippen molar-refractivity contribution < 1.29 is 9.18 Å². The highest BCUT2D eigenvalue weighted by Crippen LogP contribution is 2.28. The van der Waals surface area contributed by atoms with Gasteiger partial charge in [0.05, 0.1) is 5.54 Å². The number of hydrogen-bond acceptors (Lipinski definition) is 2. The first-order valence-corrected chi connectivity index (χ1v) is 8.28. The molecule has 1 aromatic carbocycles. The standard InChI is InChI=1S/C16H22BrFN2O/c1-2-20(11-12-10-13(17)6-7-14(12)18)15(21)16(19)8-4-3-5-9-16/h6-7,10H,2-5,8-9,11,19H2,1H3. The molecule has 0 heterocycles. The van der Waals surface area contributed by atoms with Gasteiger partial charge in [-0.3, -0.25) is 4.79 Å². The summed E-state index contributed by atoms with van der Waals surface area (Å²) in [5.41, 5.74) is 6.05. The molecule has 1 amide bonds. The van der Waals surface area contributed by atoms with E-state index in [2.05, 4.69) is 15.9 Å². The van der Waals surface area contributed by atoms with Crippen molar-refractivity contribution in [1.29, 1.82) is 0 Å². The average molecular weight is 357 g/mol. The Bertz CT molecular complexity index is 515. The minimum Gasteiger partial charge on any atom is -0.337 e. The van der Waals surface area contributed by atoms with Gasteiger partial charge in [0.15, 0.2) is 0 Å². The van der Waals surface area contributed by atoms with Gasteiger partial charge in [-0.05, 0) is 38.0 Å². The van der Waals surface area contributed by atoms with E-state index >= 15 is 0 Å². The molecule has 0 bridgehead atoms. The second-order valence-corrected chi connectivity index (χ2v) is 6.69. The van der Waals surface area contributed by atoms with Crippen LogP contribution in [0.5, 0.6) is 0 Å². The Labute approximate surface area is 133 Å². The van der Waals surface area contributed by atoms with Crippen LogP contribution in [0.3, 0.4) is 0 Å². The van der Waals surface area contributed by atoms with Crippen LogP contribution in [0.25, 0.3) is 0 Å². The molecule has 3 nitrogen and oxygen atoms in total. The molecule has 1 fully saturated rings. The smallest absolute Gasteiger partial charge is 0.242 e. The van der Waals surface area contributed by atoms with E-state index in [0.717, 1.165) is 36.6 Å². The topological polar surface area (TPSA) is 46.3 Å².